The SMILES string of the molecule is CCCCCCCCCCCCCCCCCCCCCCCCCCCCCCCCCC(O)C(O)C(COC1OC(CO)C(O)C(O)C1O)NC(=O)C(O)CCCCCCCCCCCCCCCCCCCCCCCCCC. The maximum Gasteiger partial charge on any atom is 0.249 e. The number of carbonyl (C=O) groups excluding carboxylic acids is 1. The van der Waals surface area contributed by atoms with Crippen molar-refractivity contribution >= 4 is 5.91 Å². The van der Waals surface area contributed by atoms with E-state index in [9.17, 15) is 40.5 Å². The molecule has 0 radical (unpaired) electrons. The Morgan fingerprint density at radius 2 is 0.634 bits per heavy atom. The van der Waals surface area contributed by atoms with Gasteiger partial charge < -0.3 is 50.5 Å². The van der Waals surface area contributed by atoms with E-state index >= 15 is 0 Å². The molecule has 0 aliphatic carbocycles. The van der Waals surface area contributed by atoms with Crippen molar-refractivity contribution in [2.24, 2.45) is 0 Å². The number of aliphatic hydroxyl groups is 7. The molecule has 82 heavy (non-hydrogen) atoms. The largest absolute Gasteiger partial charge is 0.394 e. The molecule has 1 fully saturated rings. The minimum absolute atomic E-state index is 0.268. The topological polar surface area (TPSA) is 189 Å². The molecule has 1 rings (SSSR count). The Labute approximate surface area is 507 Å². The van der Waals surface area contributed by atoms with Gasteiger partial charge in [0, 0.05) is 0 Å². The second kappa shape index (κ2) is 60.4. The van der Waals surface area contributed by atoms with Crippen LogP contribution in [0.25, 0.3) is 0 Å². The van der Waals surface area contributed by atoms with Gasteiger partial charge in [-0.15, -0.1) is 0 Å². The molecule has 0 spiro atoms. The van der Waals surface area contributed by atoms with Crippen LogP contribution in [0.3, 0.4) is 0 Å². The van der Waals surface area contributed by atoms with Crippen molar-refractivity contribution < 1.29 is 50.0 Å². The van der Waals surface area contributed by atoms with E-state index in [2.05, 4.69) is 19.2 Å². The van der Waals surface area contributed by atoms with Gasteiger partial charge in [-0.3, -0.25) is 4.79 Å². The van der Waals surface area contributed by atoms with Crippen LogP contribution in [0.15, 0.2) is 0 Å². The van der Waals surface area contributed by atoms with E-state index in [-0.39, 0.29) is 6.42 Å². The van der Waals surface area contributed by atoms with Gasteiger partial charge in [0.2, 0.25) is 5.91 Å². The Morgan fingerprint density at radius 1 is 0.378 bits per heavy atom. The van der Waals surface area contributed by atoms with Crippen LogP contribution in [0, 0.1) is 0 Å². The third-order valence-corrected chi connectivity index (χ3v) is 18.2. The molecule has 0 aromatic heterocycles. The molecule has 9 unspecified atom stereocenters. The maximum absolute atomic E-state index is 13.3. The number of amides is 1. The van der Waals surface area contributed by atoms with E-state index in [4.69, 9.17) is 9.47 Å². The van der Waals surface area contributed by atoms with E-state index in [1.807, 2.05) is 0 Å². The molecule has 11 nitrogen and oxygen atoms in total. The fourth-order valence-corrected chi connectivity index (χ4v) is 12.3. The van der Waals surface area contributed by atoms with Crippen LogP contribution >= 0.6 is 0 Å². The molecule has 1 saturated heterocycles. The van der Waals surface area contributed by atoms with Crippen LogP contribution in [-0.2, 0) is 14.3 Å². The van der Waals surface area contributed by atoms with Crippen molar-refractivity contribution in [2.75, 3.05) is 13.2 Å². The molecule has 1 aliphatic heterocycles. The number of nitrogens with one attached hydrogen (secondary N) is 1. The Bertz CT molecular complexity index is 1290. The summed E-state index contributed by atoms with van der Waals surface area (Å²) in [7, 11) is 0. The molecular formula is C71H141NO10. The molecule has 0 aromatic rings. The zero-order chi connectivity index (χ0) is 59.6. The lowest BCUT2D eigenvalue weighted by Gasteiger charge is -2.40. The van der Waals surface area contributed by atoms with Gasteiger partial charge in [-0.2, -0.15) is 0 Å². The Kier molecular flexibility index (Phi) is 58.3. The maximum atomic E-state index is 13.3. The number of hydrogen-bond acceptors (Lipinski definition) is 10. The van der Waals surface area contributed by atoms with Crippen LogP contribution in [0.1, 0.15) is 380 Å². The minimum atomic E-state index is -1.66. The molecule has 0 saturated carbocycles. The van der Waals surface area contributed by atoms with Crippen LogP contribution in [0.4, 0.5) is 0 Å². The Morgan fingerprint density at radius 3 is 0.902 bits per heavy atom. The van der Waals surface area contributed by atoms with E-state index in [0.29, 0.717) is 19.3 Å². The van der Waals surface area contributed by atoms with Crippen molar-refractivity contribution in [1.82, 2.24) is 5.32 Å². The highest BCUT2D eigenvalue weighted by molar-refractivity contribution is 5.80. The number of unbranched alkanes of at least 4 members (excludes halogenated alkanes) is 53. The Balaban J connectivity index is 2.16. The van der Waals surface area contributed by atoms with Crippen LogP contribution in [0.2, 0.25) is 0 Å². The molecule has 9 atom stereocenters. The van der Waals surface area contributed by atoms with Crippen molar-refractivity contribution in [1.29, 1.82) is 0 Å². The molecule has 1 amide bonds. The number of hydrogen-bond donors (Lipinski definition) is 8. The van der Waals surface area contributed by atoms with Gasteiger partial charge in [-0.1, -0.05) is 367 Å². The van der Waals surface area contributed by atoms with Crippen molar-refractivity contribution in [2.45, 2.75) is 435 Å². The predicted molar refractivity (Wildman–Crippen MR) is 344 cm³/mol. The Hall–Kier alpha value is -0.890. The second-order valence-corrected chi connectivity index (χ2v) is 26.0. The van der Waals surface area contributed by atoms with Crippen molar-refractivity contribution in [3.8, 4) is 0 Å². The van der Waals surface area contributed by atoms with Crippen LogP contribution in [0.5, 0.6) is 0 Å². The number of aliphatic hydroxyl groups excluding tert-OH is 7. The summed E-state index contributed by atoms with van der Waals surface area (Å²) >= 11 is 0. The first-order valence-corrected chi connectivity index (χ1v) is 36.4. The van der Waals surface area contributed by atoms with E-state index in [0.717, 1.165) is 38.5 Å². The fraction of sp³-hybridized carbons (Fsp3) is 0.986. The average molecular weight is 1170 g/mol. The molecule has 0 bridgehead atoms. The first-order valence-electron chi connectivity index (χ1n) is 36.4. The highest BCUT2D eigenvalue weighted by atomic mass is 16.7. The van der Waals surface area contributed by atoms with E-state index in [1.54, 1.807) is 0 Å². The summed E-state index contributed by atoms with van der Waals surface area (Å²) in [5, 5.41) is 76.6. The minimum Gasteiger partial charge on any atom is -0.394 e. The quantitative estimate of drug-likeness (QED) is 0.0272. The van der Waals surface area contributed by atoms with Gasteiger partial charge >= 0.3 is 0 Å². The normalized spacial score (nSPS) is 19.0. The van der Waals surface area contributed by atoms with Crippen LogP contribution in [-0.4, -0.2) is 110 Å². The summed E-state index contributed by atoms with van der Waals surface area (Å²) in [5.74, 6) is -0.686. The van der Waals surface area contributed by atoms with Crippen LogP contribution < -0.4 is 5.32 Å². The third-order valence-electron chi connectivity index (χ3n) is 18.2. The number of rotatable bonds is 65. The van der Waals surface area contributed by atoms with Gasteiger partial charge in [0.15, 0.2) is 6.29 Å². The zero-order valence-electron chi connectivity index (χ0n) is 54.3. The summed E-state index contributed by atoms with van der Waals surface area (Å²) in [4.78, 5) is 13.3. The first kappa shape index (κ1) is 79.1. The summed E-state index contributed by atoms with van der Waals surface area (Å²) < 4.78 is 11.2. The van der Waals surface area contributed by atoms with Gasteiger partial charge in [-0.05, 0) is 12.8 Å². The van der Waals surface area contributed by atoms with Gasteiger partial charge in [-0.25, -0.2) is 0 Å². The molecule has 11 heteroatoms. The smallest absolute Gasteiger partial charge is 0.249 e. The van der Waals surface area contributed by atoms with Gasteiger partial charge in [0.05, 0.1) is 25.4 Å². The second-order valence-electron chi connectivity index (χ2n) is 26.0. The predicted octanol–water partition coefficient (Wildman–Crippen LogP) is 17.6. The monoisotopic (exact) mass is 1170 g/mol. The summed E-state index contributed by atoms with van der Waals surface area (Å²) in [6.07, 6.45) is 61.9. The van der Waals surface area contributed by atoms with Gasteiger partial charge in [0.1, 0.15) is 36.6 Å². The molecular weight excluding hydrogens is 1030 g/mol. The number of carbonyl (C=O) groups is 1. The zero-order valence-corrected chi connectivity index (χ0v) is 54.3. The van der Waals surface area contributed by atoms with Gasteiger partial charge in [0.25, 0.3) is 0 Å². The molecule has 490 valence electrons. The number of ether oxygens (including phenoxy) is 2. The average Bonchev–Trinajstić information content (AvgIpc) is 3.48. The highest BCUT2D eigenvalue weighted by Gasteiger charge is 2.44. The molecule has 0 aromatic carbocycles. The fourth-order valence-electron chi connectivity index (χ4n) is 12.3. The summed E-state index contributed by atoms with van der Waals surface area (Å²) in [6.45, 7) is 3.53. The molecule has 1 aliphatic rings. The van der Waals surface area contributed by atoms with Crippen molar-refractivity contribution in [3.05, 3.63) is 0 Å². The van der Waals surface area contributed by atoms with E-state index < -0.39 is 74.2 Å². The summed E-state index contributed by atoms with van der Waals surface area (Å²) in [6, 6.07) is -1.16. The molecule has 8 N–H and O–H groups in total. The molecule has 1 heterocycles. The summed E-state index contributed by atoms with van der Waals surface area (Å²) in [5.41, 5.74) is 0. The standard InChI is InChI=1S/C71H141NO10/c1-3-5-7-9-11-13-15-17-19-21-23-25-27-29-30-31-32-33-34-35-37-38-40-42-44-46-48-50-52-54-56-58-63(74)66(76)62(61-81-71-69(79)68(78)67(77)65(60-73)82-71)72-70(80)64(75)59-57-55-53-51-49-47-45-43-41-39-36-28-26-24-22-20-18-16-14-12-10-8-6-4-2/h62-69,71,73-79H,3-61H2,1-2H3,(H,72,80). The third kappa shape index (κ3) is 47.2. The first-order chi connectivity index (χ1) is 40.2. The van der Waals surface area contributed by atoms with Crippen molar-refractivity contribution in [3.63, 3.8) is 0 Å². The lowest BCUT2D eigenvalue weighted by Crippen LogP contribution is -2.60. The lowest BCUT2D eigenvalue weighted by molar-refractivity contribution is -0.303. The highest BCUT2D eigenvalue weighted by Crippen LogP contribution is 2.24. The lowest BCUT2D eigenvalue weighted by atomic mass is 9.98. The van der Waals surface area contributed by atoms with E-state index in [1.165, 1.54) is 302 Å².